The monoisotopic (exact) mass is 274 g/mol. The van der Waals surface area contributed by atoms with Crippen LogP contribution in [-0.2, 0) is 0 Å². The molecule has 4 saturated carbocycles. The van der Waals surface area contributed by atoms with Crippen LogP contribution in [0.2, 0.25) is 0 Å². The van der Waals surface area contributed by atoms with Gasteiger partial charge in [0.1, 0.15) is 0 Å². The van der Waals surface area contributed by atoms with E-state index in [1.807, 2.05) is 0 Å². The quantitative estimate of drug-likeness (QED) is 0.504. The summed E-state index contributed by atoms with van der Waals surface area (Å²) in [6.07, 6.45) is 15.5. The predicted molar refractivity (Wildman–Crippen MR) is 85.5 cm³/mol. The molecule has 0 amide bonds. The Hall–Kier alpha value is 0. The molecular weight excluding hydrogens is 240 g/mol. The van der Waals surface area contributed by atoms with Gasteiger partial charge in [0.25, 0.3) is 0 Å². The van der Waals surface area contributed by atoms with E-state index in [0.717, 1.165) is 40.4 Å². The minimum Gasteiger partial charge on any atom is -0.0625 e. The second-order valence-corrected chi connectivity index (χ2v) is 9.62. The van der Waals surface area contributed by atoms with Gasteiger partial charge >= 0.3 is 0 Å². The Bertz CT molecular complexity index is 385. The maximum Gasteiger partial charge on any atom is -0.0266 e. The molecule has 4 aliphatic carbocycles. The molecule has 114 valence electrons. The molecular formula is C20H34. The molecule has 0 N–H and O–H groups in total. The minimum atomic E-state index is 0.722. The van der Waals surface area contributed by atoms with Gasteiger partial charge in [0, 0.05) is 0 Å². The van der Waals surface area contributed by atoms with Crippen LogP contribution in [0.3, 0.4) is 0 Å². The van der Waals surface area contributed by atoms with Gasteiger partial charge in [-0.2, -0.15) is 0 Å². The highest BCUT2D eigenvalue weighted by Crippen LogP contribution is 2.66. The second kappa shape index (κ2) is 4.50. The zero-order valence-electron chi connectivity index (χ0n) is 14.0. The Morgan fingerprint density at radius 1 is 0.800 bits per heavy atom. The molecule has 0 aromatic rings. The topological polar surface area (TPSA) is 0 Å². The molecule has 0 nitrogen and oxygen atoms in total. The van der Waals surface area contributed by atoms with Gasteiger partial charge in [0.2, 0.25) is 0 Å². The molecule has 0 spiro atoms. The molecule has 0 heteroatoms. The molecule has 0 saturated heterocycles. The third kappa shape index (κ3) is 1.78. The smallest absolute Gasteiger partial charge is 0.0266 e. The lowest BCUT2D eigenvalue weighted by molar-refractivity contribution is -0.110. The molecule has 0 aromatic heterocycles. The number of hydrogen-bond acceptors (Lipinski definition) is 0. The molecule has 20 heavy (non-hydrogen) atoms. The molecule has 0 aliphatic heterocycles. The van der Waals surface area contributed by atoms with E-state index in [0.29, 0.717) is 0 Å². The van der Waals surface area contributed by atoms with E-state index in [1.165, 1.54) is 19.3 Å². The third-order valence-electron chi connectivity index (χ3n) is 8.71. The largest absolute Gasteiger partial charge is 0.0625 e. The van der Waals surface area contributed by atoms with Crippen LogP contribution in [-0.4, -0.2) is 0 Å². The third-order valence-corrected chi connectivity index (χ3v) is 8.71. The highest BCUT2D eigenvalue weighted by atomic mass is 14.6. The van der Waals surface area contributed by atoms with Crippen LogP contribution in [0.5, 0.6) is 0 Å². The van der Waals surface area contributed by atoms with Crippen molar-refractivity contribution in [2.24, 2.45) is 40.4 Å². The summed E-state index contributed by atoms with van der Waals surface area (Å²) in [5.74, 6) is 5.36. The van der Waals surface area contributed by atoms with Gasteiger partial charge in [-0.1, -0.05) is 33.6 Å². The molecule has 0 radical (unpaired) electrons. The van der Waals surface area contributed by atoms with Crippen molar-refractivity contribution in [1.29, 1.82) is 0 Å². The van der Waals surface area contributed by atoms with E-state index >= 15 is 0 Å². The van der Waals surface area contributed by atoms with Crippen molar-refractivity contribution in [3.05, 3.63) is 0 Å². The summed E-state index contributed by atoms with van der Waals surface area (Å²) >= 11 is 0. The molecule has 4 rings (SSSR count). The number of hydrogen-bond donors (Lipinski definition) is 0. The SMILES string of the molecule is CC1CC[C@@]2(C)C(CCC3C4CCCC4(C)CCC32)C1. The summed E-state index contributed by atoms with van der Waals surface area (Å²) in [5, 5.41) is 0. The highest BCUT2D eigenvalue weighted by molar-refractivity contribution is 5.07. The van der Waals surface area contributed by atoms with Gasteiger partial charge in [-0.3, -0.25) is 0 Å². The second-order valence-electron chi connectivity index (χ2n) is 9.62. The standard InChI is InChI=1S/C20H34/c1-14-8-12-20(3)15(13-14)6-7-16-17-5-4-10-19(17,2)11-9-18(16)20/h14-18H,4-13H2,1-3H3/t14?,15?,16?,17?,18?,19?,20-/m0/s1. The maximum absolute atomic E-state index is 2.71. The van der Waals surface area contributed by atoms with Crippen molar-refractivity contribution in [2.45, 2.75) is 85.0 Å². The fourth-order valence-corrected chi connectivity index (χ4v) is 7.47. The summed E-state index contributed by atoms with van der Waals surface area (Å²) in [6, 6.07) is 0. The van der Waals surface area contributed by atoms with E-state index in [4.69, 9.17) is 0 Å². The van der Waals surface area contributed by atoms with E-state index in [2.05, 4.69) is 20.8 Å². The normalized spacial score (nSPS) is 58.6. The predicted octanol–water partition coefficient (Wildman–Crippen LogP) is 6.06. The lowest BCUT2D eigenvalue weighted by Gasteiger charge is -2.60. The Labute approximate surface area is 126 Å². The van der Waals surface area contributed by atoms with Gasteiger partial charge in [-0.15, -0.1) is 0 Å². The van der Waals surface area contributed by atoms with E-state index in [9.17, 15) is 0 Å². The Morgan fingerprint density at radius 2 is 1.65 bits per heavy atom. The Morgan fingerprint density at radius 3 is 2.50 bits per heavy atom. The molecule has 0 heterocycles. The fourth-order valence-electron chi connectivity index (χ4n) is 7.47. The van der Waals surface area contributed by atoms with Crippen LogP contribution < -0.4 is 0 Å². The van der Waals surface area contributed by atoms with Crippen molar-refractivity contribution in [3.63, 3.8) is 0 Å². The van der Waals surface area contributed by atoms with Crippen LogP contribution in [0.15, 0.2) is 0 Å². The lowest BCUT2D eigenvalue weighted by atomic mass is 9.45. The summed E-state index contributed by atoms with van der Waals surface area (Å²) in [7, 11) is 0. The lowest BCUT2D eigenvalue weighted by Crippen LogP contribution is -2.52. The minimum absolute atomic E-state index is 0.722. The van der Waals surface area contributed by atoms with Gasteiger partial charge in [0.15, 0.2) is 0 Å². The van der Waals surface area contributed by atoms with Gasteiger partial charge in [0.05, 0.1) is 0 Å². The van der Waals surface area contributed by atoms with E-state index < -0.39 is 0 Å². The van der Waals surface area contributed by atoms with Crippen molar-refractivity contribution < 1.29 is 0 Å². The number of rotatable bonds is 0. The van der Waals surface area contributed by atoms with Crippen molar-refractivity contribution in [1.82, 2.24) is 0 Å². The summed E-state index contributed by atoms with van der Waals surface area (Å²) in [6.45, 7) is 7.84. The summed E-state index contributed by atoms with van der Waals surface area (Å²) < 4.78 is 0. The summed E-state index contributed by atoms with van der Waals surface area (Å²) in [4.78, 5) is 0. The zero-order chi connectivity index (χ0) is 14.0. The van der Waals surface area contributed by atoms with Crippen molar-refractivity contribution >= 4 is 0 Å². The van der Waals surface area contributed by atoms with Crippen LogP contribution in [0.1, 0.15) is 85.0 Å². The zero-order valence-corrected chi connectivity index (χ0v) is 14.0. The van der Waals surface area contributed by atoms with Crippen LogP contribution in [0.25, 0.3) is 0 Å². The van der Waals surface area contributed by atoms with Crippen LogP contribution in [0.4, 0.5) is 0 Å². The Balaban J connectivity index is 1.62. The average molecular weight is 274 g/mol. The summed E-state index contributed by atoms with van der Waals surface area (Å²) in [5.41, 5.74) is 1.46. The maximum atomic E-state index is 2.71. The number of fused-ring (bicyclic) bond motifs is 5. The first kappa shape index (κ1) is 13.6. The van der Waals surface area contributed by atoms with E-state index in [1.54, 1.807) is 44.9 Å². The molecule has 0 aromatic carbocycles. The fraction of sp³-hybridized carbons (Fsp3) is 1.00. The van der Waals surface area contributed by atoms with Gasteiger partial charge in [-0.05, 0) is 91.8 Å². The molecule has 4 fully saturated rings. The van der Waals surface area contributed by atoms with Gasteiger partial charge < -0.3 is 0 Å². The average Bonchev–Trinajstić information content (AvgIpc) is 2.81. The van der Waals surface area contributed by atoms with Crippen molar-refractivity contribution in [3.8, 4) is 0 Å². The molecule has 0 bridgehead atoms. The molecule has 6 unspecified atom stereocenters. The first-order valence-electron chi connectivity index (χ1n) is 9.53. The van der Waals surface area contributed by atoms with Crippen molar-refractivity contribution in [2.75, 3.05) is 0 Å². The first-order valence-corrected chi connectivity index (χ1v) is 9.53. The van der Waals surface area contributed by atoms with E-state index in [-0.39, 0.29) is 0 Å². The Kier molecular flexibility index (Phi) is 3.07. The van der Waals surface area contributed by atoms with Crippen LogP contribution >= 0.6 is 0 Å². The molecule has 4 aliphatic rings. The van der Waals surface area contributed by atoms with Gasteiger partial charge in [-0.25, -0.2) is 0 Å². The van der Waals surface area contributed by atoms with Crippen LogP contribution in [0, 0.1) is 40.4 Å². The molecule has 7 atom stereocenters. The highest BCUT2D eigenvalue weighted by Gasteiger charge is 2.57. The first-order chi connectivity index (χ1) is 9.53.